The van der Waals surface area contributed by atoms with Gasteiger partial charge >= 0.3 is 0 Å². The maximum atomic E-state index is 11.5. The van der Waals surface area contributed by atoms with Crippen LogP contribution in [0.4, 0.5) is 0 Å². The second kappa shape index (κ2) is 14.6. The fraction of sp³-hybridized carbons (Fsp3) is 0.680. The van der Waals surface area contributed by atoms with Crippen LogP contribution in [0.5, 0.6) is 0 Å². The molecule has 0 bridgehead atoms. The minimum absolute atomic E-state index is 0.140. The number of hydrogen-bond acceptors (Lipinski definition) is 7. The zero-order valence-corrected chi connectivity index (χ0v) is 19.5. The van der Waals surface area contributed by atoms with Crippen molar-refractivity contribution in [3.63, 3.8) is 0 Å². The molecule has 2 saturated carbocycles. The highest BCUT2D eigenvalue weighted by atomic mass is 16.5. The molecule has 0 unspecified atom stereocenters. The average molecular weight is 445 g/mol. The van der Waals surface area contributed by atoms with Gasteiger partial charge in [-0.2, -0.15) is 10.5 Å². The molecule has 4 atom stereocenters. The van der Waals surface area contributed by atoms with Gasteiger partial charge in [0.1, 0.15) is 5.78 Å². The minimum atomic E-state index is -0.579. The van der Waals surface area contributed by atoms with Gasteiger partial charge in [-0.1, -0.05) is 12.5 Å². The maximum Gasteiger partial charge on any atom is 0.155 e. The number of ether oxygens (including phenoxy) is 2. The van der Waals surface area contributed by atoms with E-state index in [1.54, 1.807) is 19.3 Å². The first-order valence-electron chi connectivity index (χ1n) is 11.2. The predicted molar refractivity (Wildman–Crippen MR) is 120 cm³/mol. The Balaban J connectivity index is 0.000000231. The number of aliphatic hydroxyl groups is 1. The van der Waals surface area contributed by atoms with Crippen LogP contribution >= 0.6 is 0 Å². The zero-order valence-electron chi connectivity index (χ0n) is 19.5. The lowest BCUT2D eigenvalue weighted by atomic mass is 9.76. The van der Waals surface area contributed by atoms with Crippen LogP contribution in [0.1, 0.15) is 65.2 Å². The van der Waals surface area contributed by atoms with Crippen molar-refractivity contribution in [1.82, 2.24) is 0 Å². The molecule has 4 rings (SSSR count). The summed E-state index contributed by atoms with van der Waals surface area (Å²) in [5.41, 5.74) is 0.982. The van der Waals surface area contributed by atoms with E-state index in [9.17, 15) is 14.7 Å². The van der Waals surface area contributed by atoms with E-state index in [-0.39, 0.29) is 28.8 Å². The molecular weight excluding hydrogens is 408 g/mol. The van der Waals surface area contributed by atoms with E-state index >= 15 is 0 Å². The molecule has 176 valence electrons. The summed E-state index contributed by atoms with van der Waals surface area (Å²) in [6, 6.07) is 4.15. The molecule has 32 heavy (non-hydrogen) atoms. The van der Waals surface area contributed by atoms with Gasteiger partial charge in [0.05, 0.1) is 49.9 Å². The summed E-state index contributed by atoms with van der Waals surface area (Å²) in [5.74, 6) is 0.0290. The highest BCUT2D eigenvalue weighted by Crippen LogP contribution is 2.55. The second-order valence-electron chi connectivity index (χ2n) is 8.68. The van der Waals surface area contributed by atoms with Gasteiger partial charge in [0.25, 0.3) is 0 Å². The standard InChI is InChI=1S/C10H13NO2.C6H8O.C5H7NO.C4H8O/c1-10-3-2-7(12)9(10)8(13)4-6(10)5-11;1-5-2-3-6(7)4-5;1-7-5-3-2-4-6;1-2-4-5-3-1/h6,8-9,13H,2-4H2,1H3;4H,2-3H2,1H3;3,5H,2H2,1H3;1-4H2/t6-,8+,9+,10-;;;/m0.../s1. The molecule has 0 aromatic carbocycles. The number of nitrogens with zero attached hydrogens (tertiary/aromatic N) is 2. The molecule has 1 aliphatic heterocycles. The van der Waals surface area contributed by atoms with Crippen LogP contribution in [0.15, 0.2) is 24.0 Å². The molecule has 0 amide bonds. The molecule has 4 aliphatic rings. The first-order valence-corrected chi connectivity index (χ1v) is 11.2. The lowest BCUT2D eigenvalue weighted by Crippen LogP contribution is -2.29. The number of methoxy groups -OCH3 is 1. The van der Waals surface area contributed by atoms with Crippen LogP contribution in [0.2, 0.25) is 0 Å². The summed E-state index contributed by atoms with van der Waals surface area (Å²) in [4.78, 5) is 21.8. The lowest BCUT2D eigenvalue weighted by Gasteiger charge is -2.25. The number of nitriles is 2. The molecule has 3 fully saturated rings. The van der Waals surface area contributed by atoms with E-state index in [0.717, 1.165) is 32.5 Å². The van der Waals surface area contributed by atoms with E-state index in [4.69, 9.17) is 15.3 Å². The number of aliphatic hydroxyl groups excluding tert-OH is 1. The SMILES string of the molecule is C1CCOC1.CC1=CC(=O)CC1.COC=CCC#N.C[C@@]12CCC(=O)[C@@H]1[C@H](O)C[C@H]2C#N. The van der Waals surface area contributed by atoms with Crippen LogP contribution in [-0.2, 0) is 19.1 Å². The molecule has 7 heteroatoms. The van der Waals surface area contributed by atoms with Crippen molar-refractivity contribution in [2.24, 2.45) is 17.3 Å². The van der Waals surface area contributed by atoms with Gasteiger partial charge in [-0.3, -0.25) is 9.59 Å². The molecular formula is C25H36N2O5. The molecule has 1 heterocycles. The van der Waals surface area contributed by atoms with Gasteiger partial charge in [0, 0.05) is 26.1 Å². The number of carbonyl (C=O) groups excluding carboxylic acids is 2. The summed E-state index contributed by atoms with van der Waals surface area (Å²) in [5, 5.41) is 26.5. The van der Waals surface area contributed by atoms with E-state index in [1.807, 2.05) is 19.9 Å². The third kappa shape index (κ3) is 8.57. The fourth-order valence-electron chi connectivity index (χ4n) is 4.41. The smallest absolute Gasteiger partial charge is 0.155 e. The predicted octanol–water partition coefficient (Wildman–Crippen LogP) is 4.03. The zero-order chi connectivity index (χ0) is 24.0. The van der Waals surface area contributed by atoms with Crippen LogP contribution in [-0.4, -0.2) is 43.1 Å². The molecule has 0 aromatic heterocycles. The lowest BCUT2D eigenvalue weighted by molar-refractivity contribution is -0.124. The topological polar surface area (TPSA) is 120 Å². The van der Waals surface area contributed by atoms with Crippen molar-refractivity contribution in [1.29, 1.82) is 10.5 Å². The molecule has 7 nitrogen and oxygen atoms in total. The fourth-order valence-corrected chi connectivity index (χ4v) is 4.41. The van der Waals surface area contributed by atoms with Gasteiger partial charge in [-0.05, 0) is 56.6 Å². The third-order valence-electron chi connectivity index (χ3n) is 6.22. The summed E-state index contributed by atoms with van der Waals surface area (Å²) in [7, 11) is 1.55. The van der Waals surface area contributed by atoms with Crippen molar-refractivity contribution < 1.29 is 24.2 Å². The number of fused-ring (bicyclic) bond motifs is 1. The van der Waals surface area contributed by atoms with Crippen LogP contribution in [0.25, 0.3) is 0 Å². The first-order chi connectivity index (χ1) is 15.3. The monoisotopic (exact) mass is 444 g/mol. The Kier molecular flexibility index (Phi) is 12.5. The van der Waals surface area contributed by atoms with Crippen LogP contribution in [0, 0.1) is 39.9 Å². The molecule has 1 saturated heterocycles. The molecule has 3 aliphatic carbocycles. The van der Waals surface area contributed by atoms with E-state index in [0.29, 0.717) is 19.3 Å². The second-order valence-corrected chi connectivity index (χ2v) is 8.68. The highest BCUT2D eigenvalue weighted by molar-refractivity contribution is 5.92. The number of hydrogen-bond donors (Lipinski definition) is 1. The summed E-state index contributed by atoms with van der Waals surface area (Å²) >= 11 is 0. The number of ketones is 2. The number of carbonyl (C=O) groups is 2. The number of allylic oxidation sites excluding steroid dienone is 3. The molecule has 1 N–H and O–H groups in total. The van der Waals surface area contributed by atoms with Crippen molar-refractivity contribution in [2.45, 2.75) is 71.3 Å². The molecule has 0 aromatic rings. The van der Waals surface area contributed by atoms with Gasteiger partial charge in [0.15, 0.2) is 5.78 Å². The normalized spacial score (nSPS) is 29.9. The largest absolute Gasteiger partial charge is 0.505 e. The summed E-state index contributed by atoms with van der Waals surface area (Å²) in [6.45, 7) is 5.96. The van der Waals surface area contributed by atoms with Gasteiger partial charge in [-0.15, -0.1) is 0 Å². The Morgan fingerprint density at radius 1 is 1.25 bits per heavy atom. The Morgan fingerprint density at radius 2 is 1.94 bits per heavy atom. The average Bonchev–Trinajstić information content (AvgIpc) is 3.54. The highest BCUT2D eigenvalue weighted by Gasteiger charge is 2.58. The van der Waals surface area contributed by atoms with E-state index in [2.05, 4.69) is 10.8 Å². The first kappa shape index (κ1) is 27.6. The summed E-state index contributed by atoms with van der Waals surface area (Å²) in [6.07, 6.45) is 10.8. The Morgan fingerprint density at radius 3 is 2.34 bits per heavy atom. The van der Waals surface area contributed by atoms with Crippen molar-refractivity contribution >= 4 is 11.6 Å². The van der Waals surface area contributed by atoms with E-state index < -0.39 is 6.10 Å². The van der Waals surface area contributed by atoms with Gasteiger partial charge < -0.3 is 14.6 Å². The van der Waals surface area contributed by atoms with Gasteiger partial charge in [-0.25, -0.2) is 0 Å². The quantitative estimate of drug-likeness (QED) is 0.638. The molecule has 0 spiro atoms. The third-order valence-corrected chi connectivity index (χ3v) is 6.22. The Labute approximate surface area is 191 Å². The minimum Gasteiger partial charge on any atom is -0.505 e. The van der Waals surface area contributed by atoms with Crippen molar-refractivity contribution in [2.75, 3.05) is 20.3 Å². The van der Waals surface area contributed by atoms with E-state index in [1.165, 1.54) is 24.7 Å². The summed E-state index contributed by atoms with van der Waals surface area (Å²) < 4.78 is 9.46. The Bertz CT molecular complexity index is 750. The molecule has 0 radical (unpaired) electrons. The Hall–Kier alpha value is -2.48. The number of Topliss-reactive ketones (excluding diaryl/α,β-unsaturated/α-hetero) is 1. The van der Waals surface area contributed by atoms with Crippen molar-refractivity contribution in [3.8, 4) is 12.1 Å². The van der Waals surface area contributed by atoms with Gasteiger partial charge in [0.2, 0.25) is 0 Å². The van der Waals surface area contributed by atoms with Crippen molar-refractivity contribution in [3.05, 3.63) is 24.0 Å². The maximum absolute atomic E-state index is 11.5. The number of rotatable bonds is 2. The van der Waals surface area contributed by atoms with Crippen LogP contribution in [0.3, 0.4) is 0 Å². The van der Waals surface area contributed by atoms with Crippen LogP contribution < -0.4 is 0 Å².